The Hall–Kier alpha value is -0.0800. The van der Waals surface area contributed by atoms with Crippen molar-refractivity contribution in [2.45, 2.75) is 65.5 Å². The Morgan fingerprint density at radius 3 is 2.50 bits per heavy atom. The summed E-state index contributed by atoms with van der Waals surface area (Å²) in [7, 11) is 0. The molecule has 2 aliphatic carbocycles. The average Bonchev–Trinajstić information content (AvgIpc) is 2.87. The van der Waals surface area contributed by atoms with Crippen LogP contribution in [0.1, 0.15) is 53.4 Å². The third kappa shape index (κ3) is 1.68. The lowest BCUT2D eigenvalue weighted by Gasteiger charge is -2.40. The van der Waals surface area contributed by atoms with E-state index in [4.69, 9.17) is 4.74 Å². The van der Waals surface area contributed by atoms with Gasteiger partial charge < -0.3 is 10.1 Å². The Morgan fingerprint density at radius 2 is 2.00 bits per heavy atom. The predicted octanol–water partition coefficient (Wildman–Crippen LogP) is 3.22. The Bertz CT molecular complexity index is 327. The van der Waals surface area contributed by atoms with Crippen molar-refractivity contribution in [1.29, 1.82) is 0 Å². The summed E-state index contributed by atoms with van der Waals surface area (Å²) in [5.41, 5.74) is 1.04. The molecule has 1 saturated heterocycles. The highest BCUT2D eigenvalue weighted by molar-refractivity contribution is 5.13. The van der Waals surface area contributed by atoms with Crippen LogP contribution < -0.4 is 5.32 Å². The standard InChI is InChI=1S/C16H29NO/c1-11-12(6-8-18-11)10-17-14-9-13-5-7-16(14,4)15(13,2)3/h11-14,17H,5-10H2,1-4H3. The van der Waals surface area contributed by atoms with Crippen molar-refractivity contribution in [3.8, 4) is 0 Å². The third-order valence-electron chi connectivity index (χ3n) is 6.95. The van der Waals surface area contributed by atoms with Crippen LogP contribution in [0.5, 0.6) is 0 Å². The van der Waals surface area contributed by atoms with E-state index >= 15 is 0 Å². The van der Waals surface area contributed by atoms with Crippen molar-refractivity contribution < 1.29 is 4.74 Å². The normalized spacial score (nSPS) is 50.0. The fraction of sp³-hybridized carbons (Fsp3) is 1.00. The quantitative estimate of drug-likeness (QED) is 0.831. The van der Waals surface area contributed by atoms with Crippen molar-refractivity contribution >= 4 is 0 Å². The lowest BCUT2D eigenvalue weighted by molar-refractivity contribution is 0.0953. The zero-order valence-corrected chi connectivity index (χ0v) is 12.5. The molecule has 18 heavy (non-hydrogen) atoms. The van der Waals surface area contributed by atoms with Gasteiger partial charge in [0.2, 0.25) is 0 Å². The summed E-state index contributed by atoms with van der Waals surface area (Å²) in [6.45, 7) is 11.9. The van der Waals surface area contributed by atoms with Gasteiger partial charge in [-0.3, -0.25) is 0 Å². The molecule has 2 saturated carbocycles. The smallest absolute Gasteiger partial charge is 0.0588 e. The van der Waals surface area contributed by atoms with Gasteiger partial charge in [0.1, 0.15) is 0 Å². The van der Waals surface area contributed by atoms with Gasteiger partial charge in [0.25, 0.3) is 0 Å². The maximum Gasteiger partial charge on any atom is 0.0588 e. The molecule has 3 rings (SSSR count). The first kappa shape index (κ1) is 12.9. The molecule has 5 atom stereocenters. The van der Waals surface area contributed by atoms with Gasteiger partial charge in [-0.25, -0.2) is 0 Å². The maximum absolute atomic E-state index is 5.67. The monoisotopic (exact) mass is 251 g/mol. The Labute approximate surface area is 112 Å². The number of hydrogen-bond donors (Lipinski definition) is 1. The van der Waals surface area contributed by atoms with E-state index in [0.29, 0.717) is 16.9 Å². The lowest BCUT2D eigenvalue weighted by Crippen LogP contribution is -2.46. The maximum atomic E-state index is 5.67. The van der Waals surface area contributed by atoms with E-state index in [-0.39, 0.29) is 0 Å². The Morgan fingerprint density at radius 1 is 1.22 bits per heavy atom. The second kappa shape index (κ2) is 4.21. The van der Waals surface area contributed by atoms with Crippen molar-refractivity contribution in [3.63, 3.8) is 0 Å². The van der Waals surface area contributed by atoms with Crippen LogP contribution >= 0.6 is 0 Å². The van der Waals surface area contributed by atoms with Crippen LogP contribution in [0.3, 0.4) is 0 Å². The van der Waals surface area contributed by atoms with Crippen molar-refractivity contribution in [2.75, 3.05) is 13.2 Å². The number of nitrogens with one attached hydrogen (secondary N) is 1. The summed E-state index contributed by atoms with van der Waals surface area (Å²) >= 11 is 0. The summed E-state index contributed by atoms with van der Waals surface area (Å²) in [5, 5.41) is 3.90. The van der Waals surface area contributed by atoms with Gasteiger partial charge in [0, 0.05) is 19.2 Å². The topological polar surface area (TPSA) is 21.3 Å². The van der Waals surface area contributed by atoms with Crippen molar-refractivity contribution in [2.24, 2.45) is 22.7 Å². The second-order valence-electron chi connectivity index (χ2n) is 7.70. The van der Waals surface area contributed by atoms with Crippen LogP contribution in [-0.4, -0.2) is 25.3 Å². The molecule has 0 spiro atoms. The molecular weight excluding hydrogens is 222 g/mol. The molecule has 1 N–H and O–H groups in total. The van der Waals surface area contributed by atoms with E-state index in [9.17, 15) is 0 Å². The number of rotatable bonds is 3. The highest BCUT2D eigenvalue weighted by Gasteiger charge is 2.61. The molecule has 0 amide bonds. The number of ether oxygens (including phenoxy) is 1. The van der Waals surface area contributed by atoms with E-state index < -0.39 is 0 Å². The van der Waals surface area contributed by atoms with Crippen LogP contribution in [0.15, 0.2) is 0 Å². The molecule has 1 aliphatic heterocycles. The summed E-state index contributed by atoms with van der Waals surface area (Å²) in [6.07, 6.45) is 5.96. The fourth-order valence-corrected chi connectivity index (χ4v) is 4.85. The van der Waals surface area contributed by atoms with Crippen molar-refractivity contribution in [1.82, 2.24) is 5.32 Å². The van der Waals surface area contributed by atoms with Crippen LogP contribution in [0, 0.1) is 22.7 Å². The molecule has 0 radical (unpaired) electrons. The lowest BCUT2D eigenvalue weighted by atomic mass is 9.69. The zero-order chi connectivity index (χ0) is 13.0. The second-order valence-corrected chi connectivity index (χ2v) is 7.70. The van der Waals surface area contributed by atoms with E-state index in [0.717, 1.165) is 31.0 Å². The zero-order valence-electron chi connectivity index (χ0n) is 12.5. The minimum atomic E-state index is 0.455. The van der Waals surface area contributed by atoms with Gasteiger partial charge in [0.15, 0.2) is 0 Å². The molecule has 2 bridgehead atoms. The Balaban J connectivity index is 1.62. The molecule has 3 fully saturated rings. The predicted molar refractivity (Wildman–Crippen MR) is 74.5 cm³/mol. The minimum Gasteiger partial charge on any atom is -0.378 e. The molecule has 104 valence electrons. The van der Waals surface area contributed by atoms with E-state index in [1.807, 2.05) is 0 Å². The molecule has 5 unspecified atom stereocenters. The molecule has 1 heterocycles. The van der Waals surface area contributed by atoms with Crippen LogP contribution in [0.25, 0.3) is 0 Å². The highest BCUT2D eigenvalue weighted by atomic mass is 16.5. The minimum absolute atomic E-state index is 0.455. The SMILES string of the molecule is CC1OCCC1CNC1CC2CCC1(C)C2(C)C. The van der Waals surface area contributed by atoms with E-state index in [1.165, 1.54) is 25.7 Å². The highest BCUT2D eigenvalue weighted by Crippen LogP contribution is 2.65. The summed E-state index contributed by atoms with van der Waals surface area (Å²) in [6, 6.07) is 0.735. The van der Waals surface area contributed by atoms with Crippen LogP contribution in [-0.2, 0) is 4.74 Å². The summed E-state index contributed by atoms with van der Waals surface area (Å²) in [5.74, 6) is 1.67. The Kier molecular flexibility index (Phi) is 3.02. The van der Waals surface area contributed by atoms with E-state index in [2.05, 4.69) is 33.0 Å². The molecule has 2 nitrogen and oxygen atoms in total. The van der Waals surface area contributed by atoms with Gasteiger partial charge in [-0.15, -0.1) is 0 Å². The molecule has 0 aromatic rings. The van der Waals surface area contributed by atoms with Gasteiger partial charge in [0.05, 0.1) is 6.10 Å². The first-order valence-electron chi connectivity index (χ1n) is 7.80. The van der Waals surface area contributed by atoms with Crippen LogP contribution in [0.2, 0.25) is 0 Å². The fourth-order valence-electron chi connectivity index (χ4n) is 4.85. The number of hydrogen-bond acceptors (Lipinski definition) is 2. The van der Waals surface area contributed by atoms with Crippen LogP contribution in [0.4, 0.5) is 0 Å². The molecule has 0 aromatic carbocycles. The third-order valence-corrected chi connectivity index (χ3v) is 6.95. The number of fused-ring (bicyclic) bond motifs is 2. The van der Waals surface area contributed by atoms with Gasteiger partial charge in [-0.2, -0.15) is 0 Å². The molecular formula is C16H29NO. The molecule has 0 aromatic heterocycles. The molecule has 3 aliphatic rings. The summed E-state index contributed by atoms with van der Waals surface area (Å²) < 4.78 is 5.67. The van der Waals surface area contributed by atoms with E-state index in [1.54, 1.807) is 0 Å². The van der Waals surface area contributed by atoms with Gasteiger partial charge in [-0.1, -0.05) is 20.8 Å². The summed E-state index contributed by atoms with van der Waals surface area (Å²) in [4.78, 5) is 0. The first-order valence-corrected chi connectivity index (χ1v) is 7.80. The largest absolute Gasteiger partial charge is 0.378 e. The van der Waals surface area contributed by atoms with Crippen molar-refractivity contribution in [3.05, 3.63) is 0 Å². The average molecular weight is 251 g/mol. The van der Waals surface area contributed by atoms with Gasteiger partial charge in [-0.05, 0) is 55.3 Å². The molecule has 2 heteroatoms. The first-order chi connectivity index (χ1) is 8.45. The van der Waals surface area contributed by atoms with Gasteiger partial charge >= 0.3 is 0 Å².